The van der Waals surface area contributed by atoms with E-state index >= 15 is 0 Å². The van der Waals surface area contributed by atoms with Gasteiger partial charge in [0.15, 0.2) is 0 Å². The number of furan rings is 1. The SMILES string of the molecule is CNC(Br)c1ccc(C)o1. The van der Waals surface area contributed by atoms with E-state index in [0.29, 0.717) is 0 Å². The van der Waals surface area contributed by atoms with E-state index in [0.717, 1.165) is 11.5 Å². The molecule has 0 aromatic carbocycles. The van der Waals surface area contributed by atoms with E-state index in [4.69, 9.17) is 4.42 Å². The van der Waals surface area contributed by atoms with Crippen molar-refractivity contribution in [1.29, 1.82) is 0 Å². The Hall–Kier alpha value is -0.280. The summed E-state index contributed by atoms with van der Waals surface area (Å²) in [4.78, 5) is 0.126. The highest BCUT2D eigenvalue weighted by molar-refractivity contribution is 9.09. The van der Waals surface area contributed by atoms with E-state index in [1.54, 1.807) is 0 Å². The highest BCUT2D eigenvalue weighted by atomic mass is 79.9. The summed E-state index contributed by atoms with van der Waals surface area (Å²) < 4.78 is 5.33. The maximum Gasteiger partial charge on any atom is 0.131 e. The molecule has 10 heavy (non-hydrogen) atoms. The average Bonchev–Trinajstić information content (AvgIpc) is 2.34. The van der Waals surface area contributed by atoms with Gasteiger partial charge in [0.1, 0.15) is 16.5 Å². The topological polar surface area (TPSA) is 25.2 Å². The van der Waals surface area contributed by atoms with Crippen LogP contribution >= 0.6 is 15.9 Å². The Morgan fingerprint density at radius 1 is 1.60 bits per heavy atom. The Morgan fingerprint density at radius 2 is 2.30 bits per heavy atom. The second-order valence-electron chi connectivity index (χ2n) is 2.10. The number of rotatable bonds is 2. The van der Waals surface area contributed by atoms with Gasteiger partial charge in [0.2, 0.25) is 0 Å². The first kappa shape index (κ1) is 7.82. The molecule has 1 N–H and O–H groups in total. The maximum absolute atomic E-state index is 5.33. The monoisotopic (exact) mass is 203 g/mol. The quantitative estimate of drug-likeness (QED) is 0.590. The van der Waals surface area contributed by atoms with Gasteiger partial charge in [0.25, 0.3) is 0 Å². The maximum atomic E-state index is 5.33. The van der Waals surface area contributed by atoms with Crippen molar-refractivity contribution < 1.29 is 4.42 Å². The summed E-state index contributed by atoms with van der Waals surface area (Å²) in [6.07, 6.45) is 0. The van der Waals surface area contributed by atoms with Crippen LogP contribution in [0.1, 0.15) is 16.5 Å². The lowest BCUT2D eigenvalue weighted by atomic mass is 10.4. The van der Waals surface area contributed by atoms with Gasteiger partial charge in [-0.25, -0.2) is 0 Å². The molecule has 0 aliphatic rings. The van der Waals surface area contributed by atoms with Crippen molar-refractivity contribution in [2.75, 3.05) is 7.05 Å². The minimum Gasteiger partial charge on any atom is -0.464 e. The molecule has 1 aromatic rings. The van der Waals surface area contributed by atoms with Crippen LogP contribution in [-0.4, -0.2) is 7.05 Å². The fourth-order valence-corrected chi connectivity index (χ4v) is 0.978. The fraction of sp³-hybridized carbons (Fsp3) is 0.429. The molecule has 1 rings (SSSR count). The smallest absolute Gasteiger partial charge is 0.131 e. The van der Waals surface area contributed by atoms with Crippen LogP contribution in [0.5, 0.6) is 0 Å². The van der Waals surface area contributed by atoms with Crippen molar-refractivity contribution in [3.8, 4) is 0 Å². The lowest BCUT2D eigenvalue weighted by Crippen LogP contribution is -2.07. The predicted molar refractivity (Wildman–Crippen MR) is 44.2 cm³/mol. The van der Waals surface area contributed by atoms with Crippen LogP contribution in [0.3, 0.4) is 0 Å². The minimum atomic E-state index is 0.126. The molecule has 0 spiro atoms. The van der Waals surface area contributed by atoms with E-state index in [1.165, 1.54) is 0 Å². The van der Waals surface area contributed by atoms with Gasteiger partial charge >= 0.3 is 0 Å². The molecule has 0 bridgehead atoms. The van der Waals surface area contributed by atoms with Gasteiger partial charge in [0.05, 0.1) is 0 Å². The van der Waals surface area contributed by atoms with Crippen LogP contribution in [-0.2, 0) is 0 Å². The molecule has 1 aromatic heterocycles. The molecule has 0 saturated heterocycles. The number of alkyl halides is 1. The van der Waals surface area contributed by atoms with Crippen LogP contribution in [0.4, 0.5) is 0 Å². The Morgan fingerprint density at radius 3 is 2.70 bits per heavy atom. The van der Waals surface area contributed by atoms with Crippen molar-refractivity contribution >= 4 is 15.9 Å². The minimum absolute atomic E-state index is 0.126. The van der Waals surface area contributed by atoms with E-state index in [9.17, 15) is 0 Å². The van der Waals surface area contributed by atoms with Crippen LogP contribution < -0.4 is 5.32 Å². The Labute approximate surface area is 68.7 Å². The van der Waals surface area contributed by atoms with E-state index in [2.05, 4.69) is 21.2 Å². The summed E-state index contributed by atoms with van der Waals surface area (Å²) in [7, 11) is 1.87. The number of hydrogen-bond acceptors (Lipinski definition) is 2. The number of hydrogen-bond donors (Lipinski definition) is 1. The molecule has 0 aliphatic heterocycles. The van der Waals surface area contributed by atoms with Crippen molar-refractivity contribution in [1.82, 2.24) is 5.32 Å². The second kappa shape index (κ2) is 3.21. The summed E-state index contributed by atoms with van der Waals surface area (Å²) in [5.41, 5.74) is 0. The van der Waals surface area contributed by atoms with Gasteiger partial charge < -0.3 is 9.73 Å². The third-order valence-electron chi connectivity index (χ3n) is 1.26. The molecule has 0 aliphatic carbocycles. The molecule has 0 amide bonds. The zero-order chi connectivity index (χ0) is 7.56. The van der Waals surface area contributed by atoms with Gasteiger partial charge in [-0.2, -0.15) is 0 Å². The first-order chi connectivity index (χ1) is 4.74. The molecule has 1 unspecified atom stereocenters. The third-order valence-corrected chi connectivity index (χ3v) is 2.17. The largest absolute Gasteiger partial charge is 0.464 e. The summed E-state index contributed by atoms with van der Waals surface area (Å²) in [6, 6.07) is 3.90. The van der Waals surface area contributed by atoms with Crippen LogP contribution in [0.2, 0.25) is 0 Å². The molecule has 0 saturated carbocycles. The Bertz CT molecular complexity index is 209. The highest BCUT2D eigenvalue weighted by Gasteiger charge is 2.06. The zero-order valence-electron chi connectivity index (χ0n) is 6.02. The van der Waals surface area contributed by atoms with Crippen molar-refractivity contribution in [3.63, 3.8) is 0 Å². The normalized spacial score (nSPS) is 13.5. The van der Waals surface area contributed by atoms with Crippen molar-refractivity contribution in [2.24, 2.45) is 0 Å². The van der Waals surface area contributed by atoms with Gasteiger partial charge in [-0.15, -0.1) is 0 Å². The van der Waals surface area contributed by atoms with Crippen LogP contribution in [0.25, 0.3) is 0 Å². The highest BCUT2D eigenvalue weighted by Crippen LogP contribution is 2.20. The Balaban J connectivity index is 2.74. The summed E-state index contributed by atoms with van der Waals surface area (Å²) in [5, 5.41) is 3.02. The average molecular weight is 204 g/mol. The molecule has 0 fully saturated rings. The Kier molecular flexibility index (Phi) is 2.51. The zero-order valence-corrected chi connectivity index (χ0v) is 7.60. The summed E-state index contributed by atoms with van der Waals surface area (Å²) in [5.74, 6) is 1.86. The van der Waals surface area contributed by atoms with E-state index in [1.807, 2.05) is 26.1 Å². The molecule has 1 heterocycles. The first-order valence-corrected chi connectivity index (χ1v) is 4.03. The third kappa shape index (κ3) is 1.61. The van der Waals surface area contributed by atoms with Gasteiger partial charge in [-0.05, 0) is 26.1 Å². The number of halogens is 1. The van der Waals surface area contributed by atoms with Gasteiger partial charge in [-0.1, -0.05) is 15.9 Å². The summed E-state index contributed by atoms with van der Waals surface area (Å²) in [6.45, 7) is 1.93. The molecule has 56 valence electrons. The fourth-order valence-electron chi connectivity index (χ4n) is 0.732. The van der Waals surface area contributed by atoms with E-state index in [-0.39, 0.29) is 4.95 Å². The molecule has 0 radical (unpaired) electrons. The summed E-state index contributed by atoms with van der Waals surface area (Å²) >= 11 is 3.39. The van der Waals surface area contributed by atoms with Crippen LogP contribution in [0, 0.1) is 6.92 Å². The van der Waals surface area contributed by atoms with E-state index < -0.39 is 0 Å². The first-order valence-electron chi connectivity index (χ1n) is 3.11. The lowest BCUT2D eigenvalue weighted by Gasteiger charge is -2.02. The molecular formula is C7H10BrNO. The number of nitrogens with one attached hydrogen (secondary N) is 1. The predicted octanol–water partition coefficient (Wildman–Crippen LogP) is 2.20. The molecular weight excluding hydrogens is 194 g/mol. The van der Waals surface area contributed by atoms with Gasteiger partial charge in [0, 0.05) is 0 Å². The standard InChI is InChI=1S/C7H10BrNO/c1-5-3-4-6(10-5)7(8)9-2/h3-4,7,9H,1-2H3. The lowest BCUT2D eigenvalue weighted by molar-refractivity contribution is 0.470. The van der Waals surface area contributed by atoms with Crippen molar-refractivity contribution in [3.05, 3.63) is 23.7 Å². The van der Waals surface area contributed by atoms with Crippen LogP contribution in [0.15, 0.2) is 16.5 Å². The number of aryl methyl sites for hydroxylation is 1. The second-order valence-corrected chi connectivity index (χ2v) is 3.02. The molecule has 2 nitrogen and oxygen atoms in total. The van der Waals surface area contributed by atoms with Gasteiger partial charge in [-0.3, -0.25) is 0 Å². The molecule has 1 atom stereocenters. The van der Waals surface area contributed by atoms with Crippen molar-refractivity contribution in [2.45, 2.75) is 11.9 Å². The molecule has 3 heteroatoms.